The molecule has 0 unspecified atom stereocenters. The predicted molar refractivity (Wildman–Crippen MR) is 122 cm³/mol. The summed E-state index contributed by atoms with van der Waals surface area (Å²) in [5, 5.41) is 11.0. The van der Waals surface area contributed by atoms with Gasteiger partial charge in [0.25, 0.3) is 5.91 Å². The van der Waals surface area contributed by atoms with Crippen molar-refractivity contribution >= 4 is 23.4 Å². The number of azide groups is 1. The molecule has 3 N–H and O–H groups in total. The fourth-order valence-corrected chi connectivity index (χ4v) is 2.80. The standard InChI is InChI=1S/C23H24N6O4/c1-3-13-25-20(30)14-26-23(32)21(16(2)33-15-17-9-5-4-6-10-17)27-22(31)18-11-7-8-12-19(18)28-29-24/h1,4-12,16,21H,13-15H2,2H3,(H,25,30)(H,26,32)(H,27,31)/t16-,21+/m1/s1. The van der Waals surface area contributed by atoms with Gasteiger partial charge in [-0.05, 0) is 24.1 Å². The van der Waals surface area contributed by atoms with Gasteiger partial charge in [0.15, 0.2) is 0 Å². The van der Waals surface area contributed by atoms with E-state index in [1.165, 1.54) is 12.1 Å². The Labute approximate surface area is 191 Å². The van der Waals surface area contributed by atoms with E-state index in [0.717, 1.165) is 5.56 Å². The largest absolute Gasteiger partial charge is 0.371 e. The molecule has 10 heteroatoms. The molecule has 0 heterocycles. The van der Waals surface area contributed by atoms with Crippen molar-refractivity contribution in [2.24, 2.45) is 5.11 Å². The molecule has 0 aliphatic heterocycles. The van der Waals surface area contributed by atoms with Gasteiger partial charge in [0.05, 0.1) is 31.5 Å². The first kappa shape index (κ1) is 24.9. The number of hydrogen-bond acceptors (Lipinski definition) is 5. The maximum absolute atomic E-state index is 12.9. The third kappa shape index (κ3) is 8.03. The van der Waals surface area contributed by atoms with E-state index in [9.17, 15) is 14.4 Å². The van der Waals surface area contributed by atoms with Crippen LogP contribution >= 0.6 is 0 Å². The van der Waals surface area contributed by atoms with Crippen molar-refractivity contribution in [3.63, 3.8) is 0 Å². The quantitative estimate of drug-likeness (QED) is 0.209. The van der Waals surface area contributed by atoms with E-state index in [1.807, 2.05) is 30.3 Å². The second-order valence-corrected chi connectivity index (χ2v) is 6.86. The molecule has 2 aromatic carbocycles. The summed E-state index contributed by atoms with van der Waals surface area (Å²) in [7, 11) is 0. The van der Waals surface area contributed by atoms with E-state index in [-0.39, 0.29) is 30.9 Å². The van der Waals surface area contributed by atoms with Crippen molar-refractivity contribution < 1.29 is 19.1 Å². The Morgan fingerprint density at radius 2 is 1.82 bits per heavy atom. The fraction of sp³-hybridized carbons (Fsp3) is 0.261. The Bertz CT molecular complexity index is 1060. The smallest absolute Gasteiger partial charge is 0.252 e. The monoisotopic (exact) mass is 448 g/mol. The molecule has 0 spiro atoms. The molecule has 10 nitrogen and oxygen atoms in total. The summed E-state index contributed by atoms with van der Waals surface area (Å²) in [6.45, 7) is 1.54. The number of hydrogen-bond donors (Lipinski definition) is 3. The zero-order chi connectivity index (χ0) is 24.1. The summed E-state index contributed by atoms with van der Waals surface area (Å²) in [4.78, 5) is 40.2. The average molecular weight is 448 g/mol. The molecule has 33 heavy (non-hydrogen) atoms. The highest BCUT2D eigenvalue weighted by Crippen LogP contribution is 2.19. The second kappa shape index (κ2) is 13.2. The van der Waals surface area contributed by atoms with E-state index >= 15 is 0 Å². The molecule has 2 aromatic rings. The predicted octanol–water partition coefficient (Wildman–Crippen LogP) is 2.20. The molecule has 0 saturated carbocycles. The van der Waals surface area contributed by atoms with Crippen molar-refractivity contribution in [3.8, 4) is 12.3 Å². The number of nitrogens with zero attached hydrogens (tertiary/aromatic N) is 3. The van der Waals surface area contributed by atoms with Gasteiger partial charge in [0.2, 0.25) is 11.8 Å². The van der Waals surface area contributed by atoms with Gasteiger partial charge in [-0.3, -0.25) is 14.4 Å². The first-order valence-corrected chi connectivity index (χ1v) is 10.0. The Kier molecular flexibility index (Phi) is 9.95. The lowest BCUT2D eigenvalue weighted by Gasteiger charge is -2.25. The third-order valence-electron chi connectivity index (χ3n) is 4.51. The number of benzene rings is 2. The maximum atomic E-state index is 12.9. The van der Waals surface area contributed by atoms with Crippen molar-refractivity contribution in [3.05, 3.63) is 76.2 Å². The van der Waals surface area contributed by atoms with Crippen LogP contribution in [0.15, 0.2) is 59.7 Å². The van der Waals surface area contributed by atoms with Crippen LogP contribution in [-0.2, 0) is 20.9 Å². The summed E-state index contributed by atoms with van der Waals surface area (Å²) in [6, 6.07) is 14.4. The molecular formula is C23H24N6O4. The minimum atomic E-state index is -1.14. The van der Waals surface area contributed by atoms with Crippen LogP contribution in [0.5, 0.6) is 0 Å². The number of terminal acetylenes is 1. The summed E-state index contributed by atoms with van der Waals surface area (Å²) in [5.74, 6) is 0.531. The molecule has 0 aromatic heterocycles. The number of rotatable bonds is 11. The molecule has 0 radical (unpaired) electrons. The lowest BCUT2D eigenvalue weighted by Crippen LogP contribution is -2.54. The molecule has 0 saturated heterocycles. The van der Waals surface area contributed by atoms with Crippen molar-refractivity contribution in [2.75, 3.05) is 13.1 Å². The second-order valence-electron chi connectivity index (χ2n) is 6.86. The van der Waals surface area contributed by atoms with Gasteiger partial charge in [-0.15, -0.1) is 6.42 Å². The third-order valence-corrected chi connectivity index (χ3v) is 4.51. The average Bonchev–Trinajstić information content (AvgIpc) is 2.84. The Morgan fingerprint density at radius 1 is 1.12 bits per heavy atom. The van der Waals surface area contributed by atoms with Gasteiger partial charge in [-0.1, -0.05) is 59.6 Å². The van der Waals surface area contributed by atoms with Crippen LogP contribution in [0.2, 0.25) is 0 Å². The van der Waals surface area contributed by atoms with Crippen LogP contribution in [-0.4, -0.2) is 43.0 Å². The SMILES string of the molecule is C#CCNC(=O)CNC(=O)[C@@H](NC(=O)c1ccccc1N=[N+]=[N-])[C@@H](C)OCc1ccccc1. The van der Waals surface area contributed by atoms with Crippen molar-refractivity contribution in [1.82, 2.24) is 16.0 Å². The highest BCUT2D eigenvalue weighted by Gasteiger charge is 2.29. The van der Waals surface area contributed by atoms with Gasteiger partial charge in [0, 0.05) is 10.5 Å². The summed E-state index contributed by atoms with van der Waals surface area (Å²) in [6.07, 6.45) is 4.34. The maximum Gasteiger partial charge on any atom is 0.252 e. The number of carbonyl (C=O) groups is 3. The molecule has 0 bridgehead atoms. The molecular weight excluding hydrogens is 424 g/mol. The highest BCUT2D eigenvalue weighted by atomic mass is 16.5. The first-order chi connectivity index (χ1) is 16.0. The van der Waals surface area contributed by atoms with Crippen molar-refractivity contribution in [1.29, 1.82) is 0 Å². The molecule has 2 atom stereocenters. The van der Waals surface area contributed by atoms with E-state index in [2.05, 4.69) is 31.9 Å². The van der Waals surface area contributed by atoms with Crippen LogP contribution in [0, 0.1) is 12.3 Å². The lowest BCUT2D eigenvalue weighted by atomic mass is 10.1. The van der Waals surface area contributed by atoms with Gasteiger partial charge in [-0.2, -0.15) is 0 Å². The molecule has 170 valence electrons. The molecule has 3 amide bonds. The van der Waals surface area contributed by atoms with Gasteiger partial charge < -0.3 is 20.7 Å². The highest BCUT2D eigenvalue weighted by molar-refractivity contribution is 6.01. The summed E-state index contributed by atoms with van der Waals surface area (Å²) in [5.41, 5.74) is 9.83. The molecule has 0 aliphatic carbocycles. The van der Waals surface area contributed by atoms with Crippen LogP contribution in [0.3, 0.4) is 0 Å². The van der Waals surface area contributed by atoms with Gasteiger partial charge >= 0.3 is 0 Å². The van der Waals surface area contributed by atoms with E-state index < -0.39 is 29.9 Å². The number of carbonyl (C=O) groups excluding carboxylic acids is 3. The summed E-state index contributed by atoms with van der Waals surface area (Å²) >= 11 is 0. The summed E-state index contributed by atoms with van der Waals surface area (Å²) < 4.78 is 5.81. The first-order valence-electron chi connectivity index (χ1n) is 10.0. The molecule has 0 aliphatic rings. The van der Waals surface area contributed by atoms with Gasteiger partial charge in [0.1, 0.15) is 6.04 Å². The zero-order valence-corrected chi connectivity index (χ0v) is 18.0. The minimum Gasteiger partial charge on any atom is -0.371 e. The van der Waals surface area contributed by atoms with Crippen LogP contribution in [0.25, 0.3) is 10.4 Å². The molecule has 0 fully saturated rings. The Morgan fingerprint density at radius 3 is 2.52 bits per heavy atom. The number of amides is 3. The zero-order valence-electron chi connectivity index (χ0n) is 18.0. The fourth-order valence-electron chi connectivity index (χ4n) is 2.80. The Hall–Kier alpha value is -4.32. The van der Waals surface area contributed by atoms with Crippen molar-refractivity contribution in [2.45, 2.75) is 25.7 Å². The van der Waals surface area contributed by atoms with E-state index in [4.69, 9.17) is 16.7 Å². The van der Waals surface area contributed by atoms with Crippen LogP contribution < -0.4 is 16.0 Å². The number of ether oxygens (including phenoxy) is 1. The Balaban J connectivity index is 2.15. The van der Waals surface area contributed by atoms with E-state index in [0.29, 0.717) is 0 Å². The lowest BCUT2D eigenvalue weighted by molar-refractivity contribution is -0.129. The number of nitrogens with one attached hydrogen (secondary N) is 3. The van der Waals surface area contributed by atoms with Gasteiger partial charge in [-0.25, -0.2) is 0 Å². The van der Waals surface area contributed by atoms with Crippen LogP contribution in [0.4, 0.5) is 5.69 Å². The van der Waals surface area contributed by atoms with E-state index in [1.54, 1.807) is 19.1 Å². The minimum absolute atomic E-state index is 0.0294. The van der Waals surface area contributed by atoms with Crippen LogP contribution in [0.1, 0.15) is 22.8 Å². The molecule has 2 rings (SSSR count). The normalized spacial score (nSPS) is 11.8. The topological polar surface area (TPSA) is 145 Å².